The van der Waals surface area contributed by atoms with Gasteiger partial charge in [-0.05, 0) is 55.9 Å². The molecule has 1 aliphatic carbocycles. The van der Waals surface area contributed by atoms with Gasteiger partial charge in [-0.15, -0.1) is 0 Å². The maximum absolute atomic E-state index is 12.1. The van der Waals surface area contributed by atoms with Gasteiger partial charge in [-0.25, -0.2) is 13.1 Å². The molecule has 1 aromatic carbocycles. The number of carbonyl (C=O) groups excluding carboxylic acids is 1. The number of Topliss-reactive ketones (excluding diaryl/α,β-unsaturated/α-hetero) is 1. The Morgan fingerprint density at radius 1 is 1.21 bits per heavy atom. The minimum absolute atomic E-state index is 0.0202. The molecule has 0 radical (unpaired) electrons. The lowest BCUT2D eigenvalue weighted by atomic mass is 9.92. The highest BCUT2D eigenvalue weighted by Gasteiger charge is 2.17. The van der Waals surface area contributed by atoms with Crippen molar-refractivity contribution < 1.29 is 13.2 Å². The molecule has 0 amide bonds. The third kappa shape index (κ3) is 3.64. The molecule has 104 valence electrons. The molecule has 0 aromatic heterocycles. The Labute approximate surface area is 114 Å². The molecule has 0 spiro atoms. The summed E-state index contributed by atoms with van der Waals surface area (Å²) >= 11 is 0. The monoisotopic (exact) mass is 281 g/mol. The Hall–Kier alpha value is -1.20. The molecule has 0 heterocycles. The molecule has 1 aliphatic rings. The standard InChI is InChI=1S/C14H19NO3S/c1-11(16)8-9-15-19(17,18)14-7-6-12-4-2-3-5-13(12)10-14/h6-7,10,15H,2-5,8-9H2,1H3. The predicted octanol–water partition coefficient (Wildman–Crippen LogP) is 1.82. The van der Waals surface area contributed by atoms with Gasteiger partial charge in [0.2, 0.25) is 10.0 Å². The Morgan fingerprint density at radius 3 is 2.58 bits per heavy atom. The lowest BCUT2D eigenvalue weighted by Gasteiger charge is -2.16. The average Bonchev–Trinajstić information content (AvgIpc) is 2.37. The Bertz CT molecular complexity index is 578. The molecule has 1 N–H and O–H groups in total. The molecule has 4 nitrogen and oxygen atoms in total. The van der Waals surface area contributed by atoms with E-state index in [0.717, 1.165) is 24.8 Å². The largest absolute Gasteiger partial charge is 0.300 e. The first kappa shape index (κ1) is 14.2. The smallest absolute Gasteiger partial charge is 0.240 e. The lowest BCUT2D eigenvalue weighted by molar-refractivity contribution is -0.116. The highest BCUT2D eigenvalue weighted by molar-refractivity contribution is 7.89. The van der Waals surface area contributed by atoms with E-state index < -0.39 is 10.0 Å². The first-order valence-electron chi connectivity index (χ1n) is 6.60. The summed E-state index contributed by atoms with van der Waals surface area (Å²) in [5.74, 6) is -0.0202. The van der Waals surface area contributed by atoms with Gasteiger partial charge in [-0.2, -0.15) is 0 Å². The SMILES string of the molecule is CC(=O)CCNS(=O)(=O)c1ccc2c(c1)CCCC2. The third-order valence-electron chi connectivity index (χ3n) is 3.40. The Morgan fingerprint density at radius 2 is 1.89 bits per heavy atom. The van der Waals surface area contributed by atoms with Crippen LogP contribution in [0.3, 0.4) is 0 Å². The van der Waals surface area contributed by atoms with E-state index >= 15 is 0 Å². The summed E-state index contributed by atoms with van der Waals surface area (Å²) in [7, 11) is -3.49. The number of carbonyl (C=O) groups is 1. The number of aryl methyl sites for hydroxylation is 2. The fourth-order valence-corrected chi connectivity index (χ4v) is 3.40. The minimum Gasteiger partial charge on any atom is -0.300 e. The van der Waals surface area contributed by atoms with Crippen LogP contribution < -0.4 is 4.72 Å². The van der Waals surface area contributed by atoms with Crippen LogP contribution in [0.15, 0.2) is 23.1 Å². The van der Waals surface area contributed by atoms with Crippen molar-refractivity contribution >= 4 is 15.8 Å². The summed E-state index contributed by atoms with van der Waals surface area (Å²) in [6.45, 7) is 1.61. The van der Waals surface area contributed by atoms with Crippen molar-refractivity contribution in [1.82, 2.24) is 4.72 Å². The summed E-state index contributed by atoms with van der Waals surface area (Å²) in [6.07, 6.45) is 4.51. The second-order valence-corrected chi connectivity index (χ2v) is 6.75. The molecule has 0 atom stereocenters. The van der Waals surface area contributed by atoms with Gasteiger partial charge < -0.3 is 0 Å². The molecular formula is C14H19NO3S. The molecule has 0 unspecified atom stereocenters. The van der Waals surface area contributed by atoms with E-state index in [2.05, 4.69) is 4.72 Å². The number of nitrogens with one attached hydrogen (secondary N) is 1. The van der Waals surface area contributed by atoms with Crippen LogP contribution in [-0.2, 0) is 27.7 Å². The van der Waals surface area contributed by atoms with E-state index in [4.69, 9.17) is 0 Å². The second kappa shape index (κ2) is 5.84. The molecule has 1 aromatic rings. The fourth-order valence-electron chi connectivity index (χ4n) is 2.32. The number of sulfonamides is 1. The topological polar surface area (TPSA) is 63.2 Å². The van der Waals surface area contributed by atoms with Crippen LogP contribution in [0.2, 0.25) is 0 Å². The number of ketones is 1. The molecule has 2 rings (SSSR count). The fraction of sp³-hybridized carbons (Fsp3) is 0.500. The first-order chi connectivity index (χ1) is 8.99. The molecule has 5 heteroatoms. The highest BCUT2D eigenvalue weighted by atomic mass is 32.2. The van der Waals surface area contributed by atoms with Gasteiger partial charge in [0.25, 0.3) is 0 Å². The molecule has 19 heavy (non-hydrogen) atoms. The normalized spacial score (nSPS) is 15.0. The van der Waals surface area contributed by atoms with Crippen molar-refractivity contribution in [3.05, 3.63) is 29.3 Å². The molecule has 0 fully saturated rings. The van der Waals surface area contributed by atoms with Crippen LogP contribution in [0.1, 0.15) is 37.3 Å². The molecule has 0 bridgehead atoms. The van der Waals surface area contributed by atoms with Gasteiger partial charge in [0.1, 0.15) is 5.78 Å². The summed E-state index contributed by atoms with van der Waals surface area (Å²) < 4.78 is 26.6. The molecule has 0 saturated heterocycles. The van der Waals surface area contributed by atoms with Crippen LogP contribution in [0, 0.1) is 0 Å². The molecule has 0 saturated carbocycles. The van der Waals surface area contributed by atoms with Crippen LogP contribution in [0.5, 0.6) is 0 Å². The zero-order chi connectivity index (χ0) is 13.9. The van der Waals surface area contributed by atoms with Crippen LogP contribution >= 0.6 is 0 Å². The maximum Gasteiger partial charge on any atom is 0.240 e. The zero-order valence-corrected chi connectivity index (χ0v) is 11.9. The minimum atomic E-state index is -3.49. The zero-order valence-electron chi connectivity index (χ0n) is 11.1. The quantitative estimate of drug-likeness (QED) is 0.895. The Kier molecular flexibility index (Phi) is 4.37. The van der Waals surface area contributed by atoms with Gasteiger partial charge in [0.05, 0.1) is 4.90 Å². The van der Waals surface area contributed by atoms with Gasteiger partial charge >= 0.3 is 0 Å². The van der Waals surface area contributed by atoms with Crippen LogP contribution in [-0.4, -0.2) is 20.7 Å². The van der Waals surface area contributed by atoms with E-state index in [0.29, 0.717) is 4.90 Å². The van der Waals surface area contributed by atoms with Crippen LogP contribution in [0.4, 0.5) is 0 Å². The van der Waals surface area contributed by atoms with E-state index in [1.54, 1.807) is 12.1 Å². The van der Waals surface area contributed by atoms with E-state index in [1.165, 1.54) is 18.9 Å². The summed E-state index contributed by atoms with van der Waals surface area (Å²) in [6, 6.07) is 5.33. The molecule has 0 aliphatic heterocycles. The van der Waals surface area contributed by atoms with Gasteiger partial charge in [-0.1, -0.05) is 6.07 Å². The van der Waals surface area contributed by atoms with Crippen LogP contribution in [0.25, 0.3) is 0 Å². The van der Waals surface area contributed by atoms with Crippen molar-refractivity contribution in [1.29, 1.82) is 0 Å². The van der Waals surface area contributed by atoms with E-state index in [9.17, 15) is 13.2 Å². The number of fused-ring (bicyclic) bond motifs is 1. The summed E-state index contributed by atoms with van der Waals surface area (Å²) in [4.78, 5) is 11.1. The van der Waals surface area contributed by atoms with Crippen molar-refractivity contribution in [3.63, 3.8) is 0 Å². The summed E-state index contributed by atoms with van der Waals surface area (Å²) in [5.41, 5.74) is 2.40. The Balaban J connectivity index is 2.14. The average molecular weight is 281 g/mol. The second-order valence-electron chi connectivity index (χ2n) is 4.99. The maximum atomic E-state index is 12.1. The first-order valence-corrected chi connectivity index (χ1v) is 8.08. The number of rotatable bonds is 5. The number of benzene rings is 1. The van der Waals surface area contributed by atoms with Crippen molar-refractivity contribution in [2.45, 2.75) is 43.9 Å². The predicted molar refractivity (Wildman–Crippen MR) is 73.6 cm³/mol. The van der Waals surface area contributed by atoms with E-state index in [-0.39, 0.29) is 18.7 Å². The van der Waals surface area contributed by atoms with Crippen molar-refractivity contribution in [2.24, 2.45) is 0 Å². The summed E-state index contributed by atoms with van der Waals surface area (Å²) in [5, 5.41) is 0. The third-order valence-corrected chi connectivity index (χ3v) is 4.86. The van der Waals surface area contributed by atoms with Gasteiger partial charge in [0.15, 0.2) is 0 Å². The van der Waals surface area contributed by atoms with Gasteiger partial charge in [0, 0.05) is 13.0 Å². The van der Waals surface area contributed by atoms with E-state index in [1.807, 2.05) is 6.07 Å². The van der Waals surface area contributed by atoms with Crippen molar-refractivity contribution in [2.75, 3.05) is 6.54 Å². The van der Waals surface area contributed by atoms with Crippen molar-refractivity contribution in [3.8, 4) is 0 Å². The molecular weight excluding hydrogens is 262 g/mol. The number of hydrogen-bond donors (Lipinski definition) is 1. The lowest BCUT2D eigenvalue weighted by Crippen LogP contribution is -2.26. The number of hydrogen-bond acceptors (Lipinski definition) is 3. The highest BCUT2D eigenvalue weighted by Crippen LogP contribution is 2.23. The van der Waals surface area contributed by atoms with Gasteiger partial charge in [-0.3, -0.25) is 4.79 Å².